The molecule has 0 bridgehead atoms. The first-order valence-electron chi connectivity index (χ1n) is 32.0. The third kappa shape index (κ3) is 21.1. The molecule has 2 N–H and O–H groups in total. The molecule has 560 valence electrons. The largest absolute Gasteiger partial charge is 0.493 e. The number of ether oxygens (including phenoxy) is 8. The van der Waals surface area contributed by atoms with Crippen molar-refractivity contribution in [2.24, 2.45) is 0 Å². The van der Waals surface area contributed by atoms with Gasteiger partial charge in [0.2, 0.25) is 0 Å². The van der Waals surface area contributed by atoms with Crippen LogP contribution in [0.1, 0.15) is 131 Å². The molecule has 0 aliphatic carbocycles. The molecule has 0 radical (unpaired) electrons. The van der Waals surface area contributed by atoms with E-state index < -0.39 is 102 Å². The highest BCUT2D eigenvalue weighted by atomic mass is 16.6. The maximum atomic E-state index is 13.3. The zero-order valence-corrected chi connectivity index (χ0v) is 57.7. The van der Waals surface area contributed by atoms with Crippen molar-refractivity contribution < 1.29 is 125 Å². The van der Waals surface area contributed by atoms with Crippen molar-refractivity contribution in [3.8, 4) is 34.5 Å². The Balaban J connectivity index is 0.000000347. The van der Waals surface area contributed by atoms with Crippen molar-refractivity contribution in [2.45, 2.75) is 128 Å². The molecule has 6 atom stereocenters. The SMILES string of the molecule is COC(=O)C1CC(=O)CN1C(=O)c1cc(C)c(OCCCCCOc2cc([N+](=O)[O-])c(C(=O)N3CC(=O)CC3C)cc2OC)cc1[N+](=O)[O-].COC(=O)C1CC(O)CN1C(=O)c1cc(C)c(OCCCCCOc2cc([N+](=O)[O-])c(C(=O)N3CC(O)CC3C)cc2OC)cc1[N+](=O)[O-].O=C=O.O=C=O. The molecular weight excluding hydrogens is 1380 g/mol. The predicted octanol–water partition coefficient (Wildman–Crippen LogP) is 4.83. The maximum Gasteiger partial charge on any atom is 0.373 e. The second kappa shape index (κ2) is 38.8. The van der Waals surface area contributed by atoms with Crippen LogP contribution in [0.15, 0.2) is 48.5 Å². The highest BCUT2D eigenvalue weighted by Crippen LogP contribution is 2.40. The van der Waals surface area contributed by atoms with Crippen molar-refractivity contribution in [1.82, 2.24) is 19.6 Å². The van der Waals surface area contributed by atoms with Crippen LogP contribution in [0, 0.1) is 54.3 Å². The predicted molar refractivity (Wildman–Crippen MR) is 350 cm³/mol. The van der Waals surface area contributed by atoms with E-state index in [0.29, 0.717) is 56.1 Å². The quantitative estimate of drug-likeness (QED) is 0.0332. The van der Waals surface area contributed by atoms with Gasteiger partial charge in [-0.25, -0.2) is 9.59 Å². The lowest BCUT2D eigenvalue weighted by Crippen LogP contribution is -2.41. The lowest BCUT2D eigenvalue weighted by atomic mass is 10.1. The van der Waals surface area contributed by atoms with Gasteiger partial charge in [0.1, 0.15) is 45.8 Å². The molecule has 4 amide bonds. The number of β-amino-alcohol motifs (C(OH)–C–C–N with tert-alkyl or cyclic N) is 2. The monoisotopic (exact) mass is 1460 g/mol. The molecule has 38 heteroatoms. The summed E-state index contributed by atoms with van der Waals surface area (Å²) >= 11 is 0. The van der Waals surface area contributed by atoms with Crippen molar-refractivity contribution in [3.63, 3.8) is 0 Å². The van der Waals surface area contributed by atoms with E-state index in [0.717, 1.165) is 48.3 Å². The summed E-state index contributed by atoms with van der Waals surface area (Å²) in [7, 11) is 4.96. The van der Waals surface area contributed by atoms with Gasteiger partial charge in [0, 0.05) is 56.6 Å². The van der Waals surface area contributed by atoms with Crippen molar-refractivity contribution in [2.75, 3.05) is 81.0 Å². The number of rotatable bonds is 28. The van der Waals surface area contributed by atoms with E-state index in [2.05, 4.69) is 4.74 Å². The lowest BCUT2D eigenvalue weighted by Gasteiger charge is -2.22. The fraction of sp³-hybridized carbons (Fsp3) is 0.485. The third-order valence-corrected chi connectivity index (χ3v) is 16.8. The number of hydrogen-bond acceptors (Lipinski definition) is 30. The van der Waals surface area contributed by atoms with E-state index in [1.165, 1.54) is 48.3 Å². The van der Waals surface area contributed by atoms with Gasteiger partial charge in [0.15, 0.2) is 34.6 Å². The van der Waals surface area contributed by atoms with Gasteiger partial charge in [-0.15, -0.1) is 0 Å². The number of unbranched alkanes of at least 4 members (excludes halogenated alkanes) is 4. The number of Topliss-reactive ketones (excluding diaryl/α,β-unsaturated/α-hetero) is 2. The summed E-state index contributed by atoms with van der Waals surface area (Å²) < 4.78 is 43.1. The fourth-order valence-electron chi connectivity index (χ4n) is 11.8. The molecule has 0 aromatic heterocycles. The number of hydrogen-bond donors (Lipinski definition) is 2. The number of nitro groups is 4. The van der Waals surface area contributed by atoms with Crippen LogP contribution in [0.3, 0.4) is 0 Å². The molecule has 4 heterocycles. The molecule has 38 nitrogen and oxygen atoms in total. The Morgan fingerprint density at radius 2 is 0.769 bits per heavy atom. The van der Waals surface area contributed by atoms with Crippen molar-refractivity contribution in [1.29, 1.82) is 0 Å². The zero-order valence-electron chi connectivity index (χ0n) is 57.7. The molecular formula is C66H76N8O30. The standard InChI is InChI=1S/C32H40N4O13.C32H36N4O13.2CO2/c2*1-18-10-22(31(40)34-17-21(38)12-26(34)32(41)47-4)24(35(42)43)14-27(18)48-8-6-5-7-9-49-29-15-25(36(44)45)23(13-28(29)46-3)30(39)33-16-20(37)11-19(33)2;2*2-1-3/h10,13-15,19-21,26,37-38H,5-9,11-12,16-17H2,1-4H3;10,13-15,19,26H,5-9,11-12,16-17H2,1-4H3;;. The number of likely N-dealkylation sites (tertiary alicyclic amines) is 4. The number of aliphatic hydroxyl groups excluding tert-OH is 2. The Hall–Kier alpha value is -11.9. The van der Waals surface area contributed by atoms with Crippen LogP contribution in [0.5, 0.6) is 34.5 Å². The molecule has 6 unspecified atom stereocenters. The van der Waals surface area contributed by atoms with Crippen LogP contribution in [0.4, 0.5) is 22.7 Å². The Morgan fingerprint density at radius 1 is 0.442 bits per heavy atom. The highest BCUT2D eigenvalue weighted by molar-refractivity contribution is 6.06. The summed E-state index contributed by atoms with van der Waals surface area (Å²) in [5.41, 5.74) is -1.99. The summed E-state index contributed by atoms with van der Waals surface area (Å²) in [4.78, 5) is 183. The molecule has 8 rings (SSSR count). The van der Waals surface area contributed by atoms with E-state index in [4.69, 9.17) is 52.3 Å². The zero-order chi connectivity index (χ0) is 77.4. The molecule has 4 aliphatic heterocycles. The second-order valence-electron chi connectivity index (χ2n) is 23.8. The third-order valence-electron chi connectivity index (χ3n) is 16.8. The molecule has 4 fully saturated rings. The Kier molecular flexibility index (Phi) is 30.9. The van der Waals surface area contributed by atoms with E-state index in [1.54, 1.807) is 27.7 Å². The number of nitro benzene ring substituents is 4. The van der Waals surface area contributed by atoms with Crippen LogP contribution in [0.2, 0.25) is 0 Å². The van der Waals surface area contributed by atoms with Crippen molar-refractivity contribution in [3.05, 3.63) is 122 Å². The van der Waals surface area contributed by atoms with Gasteiger partial charge in [0.05, 0.1) is 124 Å². The number of ketones is 2. The number of esters is 2. The van der Waals surface area contributed by atoms with E-state index >= 15 is 0 Å². The summed E-state index contributed by atoms with van der Waals surface area (Å²) in [5, 5.41) is 67.4. The number of methoxy groups -OCH3 is 4. The van der Waals surface area contributed by atoms with Gasteiger partial charge >= 0.3 is 24.2 Å². The molecule has 4 aromatic rings. The topological polar surface area (TPSA) is 505 Å². The molecule has 0 spiro atoms. The van der Waals surface area contributed by atoms with Crippen LogP contribution in [-0.4, -0.2) is 226 Å². The summed E-state index contributed by atoms with van der Waals surface area (Å²) in [6, 6.07) is 6.79. The van der Waals surface area contributed by atoms with Gasteiger partial charge in [-0.05, 0) is 95.9 Å². The number of carbonyl (C=O) groups is 8. The van der Waals surface area contributed by atoms with E-state index in [9.17, 15) is 89.0 Å². The number of aliphatic hydroxyl groups is 2. The molecule has 104 heavy (non-hydrogen) atoms. The van der Waals surface area contributed by atoms with Crippen LogP contribution in [-0.2, 0) is 47.8 Å². The van der Waals surface area contributed by atoms with Gasteiger partial charge in [0.25, 0.3) is 46.4 Å². The molecule has 4 aliphatic rings. The van der Waals surface area contributed by atoms with E-state index in [-0.39, 0.29) is 165 Å². The number of amides is 4. The molecule has 4 saturated heterocycles. The van der Waals surface area contributed by atoms with Crippen LogP contribution < -0.4 is 28.4 Å². The first-order chi connectivity index (χ1) is 49.4. The van der Waals surface area contributed by atoms with E-state index in [1.807, 2.05) is 0 Å². The minimum Gasteiger partial charge on any atom is -0.493 e. The normalized spacial score (nSPS) is 17.8. The second-order valence-corrected chi connectivity index (χ2v) is 23.8. The first kappa shape index (κ1) is 82.8. The van der Waals surface area contributed by atoms with Gasteiger partial charge in [-0.3, -0.25) is 69.2 Å². The van der Waals surface area contributed by atoms with Crippen LogP contribution in [0.25, 0.3) is 0 Å². The number of benzene rings is 4. The smallest absolute Gasteiger partial charge is 0.373 e. The first-order valence-corrected chi connectivity index (χ1v) is 32.0. The Morgan fingerprint density at radius 3 is 1.13 bits per heavy atom. The van der Waals surface area contributed by atoms with Crippen LogP contribution >= 0.6 is 0 Å². The number of aryl methyl sites for hydroxylation is 2. The minimum atomic E-state index is -1.17. The highest BCUT2D eigenvalue weighted by Gasteiger charge is 2.44. The lowest BCUT2D eigenvalue weighted by molar-refractivity contribution is -0.385. The fourth-order valence-corrected chi connectivity index (χ4v) is 11.8. The molecule has 0 saturated carbocycles. The average molecular weight is 1460 g/mol. The summed E-state index contributed by atoms with van der Waals surface area (Å²) in [6.45, 7) is 6.76. The number of carbonyl (C=O) groups excluding carboxylic acids is 12. The summed E-state index contributed by atoms with van der Waals surface area (Å²) in [6.07, 6.45) is 2.32. The van der Waals surface area contributed by atoms with Crippen molar-refractivity contribution >= 4 is 82.2 Å². The Bertz CT molecular complexity index is 3970. The maximum absolute atomic E-state index is 13.3. The molecule has 4 aromatic carbocycles. The van der Waals surface area contributed by atoms with Gasteiger partial charge in [-0.1, -0.05) is 0 Å². The van der Waals surface area contributed by atoms with Gasteiger partial charge in [-0.2, -0.15) is 19.2 Å². The van der Waals surface area contributed by atoms with Gasteiger partial charge < -0.3 is 67.7 Å². The average Bonchev–Trinajstić information content (AvgIpc) is 1.38. The Labute approximate surface area is 591 Å². The minimum absolute atomic E-state index is 0.0388. The summed E-state index contributed by atoms with van der Waals surface area (Å²) in [5.74, 6) is -4.06. The number of nitrogens with zero attached hydrogens (tertiary/aromatic N) is 8.